The molecule has 0 aromatic heterocycles. The van der Waals surface area contributed by atoms with E-state index in [-0.39, 0.29) is 12.6 Å². The van der Waals surface area contributed by atoms with Crippen LogP contribution in [-0.2, 0) is 15.1 Å². The van der Waals surface area contributed by atoms with Crippen molar-refractivity contribution in [3.8, 4) is 11.5 Å². The minimum absolute atomic E-state index is 0.0451. The molecule has 0 spiro atoms. The van der Waals surface area contributed by atoms with Gasteiger partial charge in [-0.15, -0.1) is 0 Å². The maximum absolute atomic E-state index is 13.3. The van der Waals surface area contributed by atoms with Crippen molar-refractivity contribution in [3.63, 3.8) is 0 Å². The van der Waals surface area contributed by atoms with Gasteiger partial charge in [-0.25, -0.2) is 4.79 Å². The van der Waals surface area contributed by atoms with Gasteiger partial charge in [-0.2, -0.15) is 5.01 Å². The fourth-order valence-electron chi connectivity index (χ4n) is 5.04. The van der Waals surface area contributed by atoms with Crippen molar-refractivity contribution in [1.82, 2.24) is 20.7 Å². The predicted molar refractivity (Wildman–Crippen MR) is 123 cm³/mol. The first-order chi connectivity index (χ1) is 16.5. The number of hydrogen-bond acceptors (Lipinski definition) is 6. The second kappa shape index (κ2) is 8.98. The number of hydrogen-bond donors (Lipinski definition) is 2. The lowest BCUT2D eigenvalue weighted by Gasteiger charge is -2.27. The van der Waals surface area contributed by atoms with E-state index in [0.29, 0.717) is 25.2 Å². The minimum Gasteiger partial charge on any atom is -0.486 e. The van der Waals surface area contributed by atoms with Gasteiger partial charge in [0.05, 0.1) is 6.54 Å². The summed E-state index contributed by atoms with van der Waals surface area (Å²) < 4.78 is 11.3. The maximum atomic E-state index is 13.3. The number of hydrazine groups is 1. The molecule has 34 heavy (non-hydrogen) atoms. The first-order valence-corrected chi connectivity index (χ1v) is 11.7. The average molecular weight is 465 g/mol. The van der Waals surface area contributed by atoms with Crippen molar-refractivity contribution < 1.29 is 23.9 Å². The zero-order valence-corrected chi connectivity index (χ0v) is 19.1. The van der Waals surface area contributed by atoms with Gasteiger partial charge in [0, 0.05) is 6.04 Å². The third-order valence-electron chi connectivity index (χ3n) is 6.79. The van der Waals surface area contributed by atoms with Crippen LogP contribution in [0, 0.1) is 0 Å². The van der Waals surface area contributed by atoms with E-state index in [4.69, 9.17) is 9.47 Å². The lowest BCUT2D eigenvalue weighted by molar-refractivity contribution is -0.140. The largest absolute Gasteiger partial charge is 0.486 e. The number of carbonyl (C=O) groups excluding carboxylic acids is 3. The molecule has 0 bridgehead atoms. The van der Waals surface area contributed by atoms with Gasteiger partial charge < -0.3 is 14.8 Å². The standard InChI is InChI=1S/C25H28N4O5/c1-2-25(18-7-4-3-5-8-18)23(31)29(24(32)26-25)27-22(30)16-28-12-6-9-19(28)17-10-11-20-21(15-17)34-14-13-33-20/h3-5,7-8,10-11,15,19H,2,6,9,12-14,16H2,1H3,(H,26,32)(H,27,30)/t19-,25+/m1/s1. The van der Waals surface area contributed by atoms with Crippen molar-refractivity contribution in [2.24, 2.45) is 0 Å². The van der Waals surface area contributed by atoms with Crippen LogP contribution >= 0.6 is 0 Å². The molecule has 4 amide bonds. The number of rotatable bonds is 6. The summed E-state index contributed by atoms with van der Waals surface area (Å²) in [4.78, 5) is 40.9. The zero-order chi connectivity index (χ0) is 23.7. The Morgan fingerprint density at radius 1 is 1.12 bits per heavy atom. The van der Waals surface area contributed by atoms with Crippen molar-refractivity contribution in [1.29, 1.82) is 0 Å². The number of nitrogens with zero attached hydrogens (tertiary/aromatic N) is 2. The maximum Gasteiger partial charge on any atom is 0.344 e. The number of likely N-dealkylation sites (tertiary alicyclic amines) is 1. The summed E-state index contributed by atoms with van der Waals surface area (Å²) in [5, 5.41) is 3.59. The molecule has 2 saturated heterocycles. The molecule has 0 radical (unpaired) electrons. The van der Waals surface area contributed by atoms with Crippen LogP contribution in [0.25, 0.3) is 0 Å². The highest BCUT2D eigenvalue weighted by atomic mass is 16.6. The molecule has 3 aliphatic heterocycles. The van der Waals surface area contributed by atoms with Gasteiger partial charge in [0.2, 0.25) is 0 Å². The van der Waals surface area contributed by atoms with Crippen molar-refractivity contribution in [2.75, 3.05) is 26.3 Å². The first-order valence-electron chi connectivity index (χ1n) is 11.7. The summed E-state index contributed by atoms with van der Waals surface area (Å²) in [7, 11) is 0. The molecule has 2 N–H and O–H groups in total. The number of amides is 4. The molecular formula is C25H28N4O5. The monoisotopic (exact) mass is 464 g/mol. The summed E-state index contributed by atoms with van der Waals surface area (Å²) in [6.07, 6.45) is 2.22. The Balaban J connectivity index is 1.27. The van der Waals surface area contributed by atoms with E-state index in [9.17, 15) is 14.4 Å². The Bertz CT molecular complexity index is 1110. The normalized spacial score (nSPS) is 24.3. The van der Waals surface area contributed by atoms with Crippen LogP contribution in [0.1, 0.15) is 43.4 Å². The fraction of sp³-hybridized carbons (Fsp3) is 0.400. The van der Waals surface area contributed by atoms with Crippen molar-refractivity contribution in [2.45, 2.75) is 37.8 Å². The number of urea groups is 1. The van der Waals surface area contributed by atoms with Crippen LogP contribution in [-0.4, -0.2) is 54.1 Å². The van der Waals surface area contributed by atoms with Gasteiger partial charge in [-0.05, 0) is 49.1 Å². The molecule has 178 valence electrons. The lowest BCUT2D eigenvalue weighted by atomic mass is 9.87. The van der Waals surface area contributed by atoms with Crippen LogP contribution in [0.3, 0.4) is 0 Å². The van der Waals surface area contributed by atoms with E-state index >= 15 is 0 Å². The highest BCUT2D eigenvalue weighted by molar-refractivity contribution is 6.08. The first kappa shape index (κ1) is 22.2. The summed E-state index contributed by atoms with van der Waals surface area (Å²) in [6.45, 7) is 3.70. The highest BCUT2D eigenvalue weighted by Crippen LogP contribution is 2.38. The van der Waals surface area contributed by atoms with Crippen LogP contribution < -0.4 is 20.2 Å². The van der Waals surface area contributed by atoms with Gasteiger partial charge in [0.1, 0.15) is 18.8 Å². The number of carbonyl (C=O) groups is 3. The van der Waals surface area contributed by atoms with Crippen LogP contribution in [0.4, 0.5) is 4.79 Å². The molecule has 5 rings (SSSR count). The predicted octanol–water partition coefficient (Wildman–Crippen LogP) is 2.48. The molecule has 2 atom stereocenters. The number of imide groups is 1. The van der Waals surface area contributed by atoms with E-state index in [1.807, 2.05) is 43.3 Å². The van der Waals surface area contributed by atoms with Gasteiger partial charge >= 0.3 is 6.03 Å². The molecule has 2 aromatic rings. The molecule has 9 nitrogen and oxygen atoms in total. The number of nitrogens with one attached hydrogen (secondary N) is 2. The highest BCUT2D eigenvalue weighted by Gasteiger charge is 2.52. The summed E-state index contributed by atoms with van der Waals surface area (Å²) >= 11 is 0. The van der Waals surface area contributed by atoms with Gasteiger partial charge in [0.15, 0.2) is 11.5 Å². The molecule has 3 aliphatic rings. The second-order valence-electron chi connectivity index (χ2n) is 8.76. The smallest absolute Gasteiger partial charge is 0.344 e. The van der Waals surface area contributed by atoms with Gasteiger partial charge in [0.25, 0.3) is 11.8 Å². The Morgan fingerprint density at radius 3 is 2.65 bits per heavy atom. The molecule has 0 aliphatic carbocycles. The second-order valence-corrected chi connectivity index (χ2v) is 8.76. The van der Waals surface area contributed by atoms with Gasteiger partial charge in [-0.3, -0.25) is 19.9 Å². The minimum atomic E-state index is -1.19. The van der Waals surface area contributed by atoms with E-state index < -0.39 is 23.4 Å². The van der Waals surface area contributed by atoms with E-state index in [1.54, 1.807) is 12.1 Å². The van der Waals surface area contributed by atoms with E-state index in [2.05, 4.69) is 15.6 Å². The quantitative estimate of drug-likeness (QED) is 0.637. The Kier molecular flexibility index (Phi) is 5.87. The number of fused-ring (bicyclic) bond motifs is 1. The lowest BCUT2D eigenvalue weighted by Crippen LogP contribution is -2.51. The molecule has 3 heterocycles. The number of ether oxygens (including phenoxy) is 2. The molecule has 0 unspecified atom stereocenters. The molecule has 2 fully saturated rings. The Morgan fingerprint density at radius 2 is 1.88 bits per heavy atom. The average Bonchev–Trinajstić information content (AvgIpc) is 3.42. The molecule has 0 saturated carbocycles. The Hall–Kier alpha value is -3.59. The van der Waals surface area contributed by atoms with Crippen LogP contribution in [0.5, 0.6) is 11.5 Å². The third-order valence-corrected chi connectivity index (χ3v) is 6.79. The zero-order valence-electron chi connectivity index (χ0n) is 19.1. The Labute approximate surface area is 198 Å². The van der Waals surface area contributed by atoms with Gasteiger partial charge in [-0.1, -0.05) is 43.3 Å². The SMILES string of the molecule is CC[C@@]1(c2ccccc2)NC(=O)N(NC(=O)CN2CCC[C@@H]2c2ccc3c(c2)OCCO3)C1=O. The van der Waals surface area contributed by atoms with Crippen molar-refractivity contribution >= 4 is 17.8 Å². The van der Waals surface area contributed by atoms with Crippen LogP contribution in [0.15, 0.2) is 48.5 Å². The third kappa shape index (κ3) is 3.86. The molecule has 9 heteroatoms. The summed E-state index contributed by atoms with van der Waals surface area (Å²) in [5.74, 6) is 0.558. The number of benzene rings is 2. The summed E-state index contributed by atoms with van der Waals surface area (Å²) in [5.41, 5.74) is 3.09. The molecular weight excluding hydrogens is 436 g/mol. The summed E-state index contributed by atoms with van der Waals surface area (Å²) in [6, 6.07) is 14.4. The fourth-order valence-corrected chi connectivity index (χ4v) is 5.04. The van der Waals surface area contributed by atoms with Crippen LogP contribution in [0.2, 0.25) is 0 Å². The topological polar surface area (TPSA) is 100 Å². The van der Waals surface area contributed by atoms with Crippen molar-refractivity contribution in [3.05, 3.63) is 59.7 Å². The molecule has 2 aromatic carbocycles. The van der Waals surface area contributed by atoms with E-state index in [1.165, 1.54) is 0 Å². The van der Waals surface area contributed by atoms with E-state index in [0.717, 1.165) is 41.5 Å².